The number of H-pyrrole nitrogens is 1. The Labute approximate surface area is 105 Å². The van der Waals surface area contributed by atoms with Crippen LogP contribution in [0.5, 0.6) is 0 Å². The first kappa shape index (κ1) is 12.3. The maximum Gasteiger partial charge on any atom is 0.274 e. The minimum atomic E-state index is -0.157. The number of carbonyl (C=O) groups excluding carboxylic acids is 1. The molecule has 0 unspecified atom stereocenters. The molecule has 0 atom stereocenters. The van der Waals surface area contributed by atoms with Gasteiger partial charge in [0.2, 0.25) is 0 Å². The lowest BCUT2D eigenvalue weighted by atomic mass is 10.1. The Bertz CT molecular complexity index is 398. The summed E-state index contributed by atoms with van der Waals surface area (Å²) in [6.45, 7) is 1.98. The first-order valence-electron chi connectivity index (χ1n) is 5.93. The van der Waals surface area contributed by atoms with Crippen LogP contribution in [0.3, 0.4) is 0 Å². The lowest BCUT2D eigenvalue weighted by Crippen LogP contribution is -2.37. The summed E-state index contributed by atoms with van der Waals surface area (Å²) >= 11 is 1.93. The predicted molar refractivity (Wildman–Crippen MR) is 70.2 cm³/mol. The molecule has 4 N–H and O–H groups in total. The van der Waals surface area contributed by atoms with Crippen LogP contribution in [0, 0.1) is 0 Å². The molecule has 0 aliphatic carbocycles. The quantitative estimate of drug-likeness (QED) is 0.756. The zero-order chi connectivity index (χ0) is 12.3. The number of hydrogen-bond donors (Lipinski definition) is 3. The summed E-state index contributed by atoms with van der Waals surface area (Å²) in [4.78, 5) is 12.0. The Kier molecular flexibility index (Phi) is 3.93. The van der Waals surface area contributed by atoms with Crippen molar-refractivity contribution in [1.29, 1.82) is 0 Å². The second-order valence-corrected chi connectivity index (χ2v) is 5.40. The van der Waals surface area contributed by atoms with Crippen LogP contribution in [0.15, 0.2) is 0 Å². The van der Waals surface area contributed by atoms with Crippen LogP contribution in [0.1, 0.15) is 35.9 Å². The Hall–Kier alpha value is -1.17. The molecule has 0 spiro atoms. The smallest absolute Gasteiger partial charge is 0.274 e. The highest BCUT2D eigenvalue weighted by atomic mass is 32.2. The number of aryl methyl sites for hydroxylation is 1. The molecule has 0 radical (unpaired) electrons. The monoisotopic (exact) mass is 254 g/mol. The number of nitrogen functional groups attached to an aromatic ring is 1. The van der Waals surface area contributed by atoms with E-state index in [1.807, 2.05) is 18.7 Å². The number of thioether (sulfide) groups is 1. The molecule has 17 heavy (non-hydrogen) atoms. The van der Waals surface area contributed by atoms with Crippen LogP contribution >= 0.6 is 11.8 Å². The fraction of sp³-hybridized carbons (Fsp3) is 0.636. The van der Waals surface area contributed by atoms with Gasteiger partial charge in [0.05, 0.1) is 11.4 Å². The second kappa shape index (κ2) is 5.44. The minimum absolute atomic E-state index is 0.157. The standard InChI is InChI=1S/C11H18N4OS/c1-2-8-9(12)10(15-14-8)11(16)13-7-3-5-17-6-4-7/h7H,2-6,12H2,1H3,(H,13,16)(H,14,15). The fourth-order valence-electron chi connectivity index (χ4n) is 1.93. The number of amides is 1. The lowest BCUT2D eigenvalue weighted by Gasteiger charge is -2.22. The number of aromatic nitrogens is 2. The minimum Gasteiger partial charge on any atom is -0.395 e. The van der Waals surface area contributed by atoms with Crippen molar-refractivity contribution >= 4 is 23.4 Å². The van der Waals surface area contributed by atoms with Gasteiger partial charge in [-0.3, -0.25) is 9.89 Å². The SMILES string of the molecule is CCc1[nH]nc(C(=O)NC2CCSCC2)c1N. The summed E-state index contributed by atoms with van der Waals surface area (Å²) < 4.78 is 0. The van der Waals surface area contributed by atoms with Gasteiger partial charge in [0, 0.05) is 6.04 Å². The highest BCUT2D eigenvalue weighted by molar-refractivity contribution is 7.99. The van der Waals surface area contributed by atoms with E-state index in [1.165, 1.54) is 0 Å². The topological polar surface area (TPSA) is 83.8 Å². The molecule has 1 aliphatic rings. The number of anilines is 1. The Morgan fingerprint density at radius 1 is 1.59 bits per heavy atom. The van der Waals surface area contributed by atoms with Gasteiger partial charge in [0.1, 0.15) is 0 Å². The average molecular weight is 254 g/mol. The van der Waals surface area contributed by atoms with Gasteiger partial charge in [-0.1, -0.05) is 6.92 Å². The zero-order valence-electron chi connectivity index (χ0n) is 9.95. The number of nitrogens with two attached hydrogens (primary N) is 1. The molecule has 94 valence electrons. The van der Waals surface area contributed by atoms with Crippen LogP contribution in [-0.4, -0.2) is 33.7 Å². The van der Waals surface area contributed by atoms with E-state index in [0.29, 0.717) is 11.4 Å². The molecule has 2 heterocycles. The third kappa shape index (κ3) is 2.74. The van der Waals surface area contributed by atoms with Crippen molar-refractivity contribution in [3.63, 3.8) is 0 Å². The fourth-order valence-corrected chi connectivity index (χ4v) is 3.03. The zero-order valence-corrected chi connectivity index (χ0v) is 10.8. The van der Waals surface area contributed by atoms with Crippen molar-refractivity contribution < 1.29 is 4.79 Å². The van der Waals surface area contributed by atoms with E-state index in [2.05, 4.69) is 15.5 Å². The summed E-state index contributed by atoms with van der Waals surface area (Å²) in [6, 6.07) is 0.268. The van der Waals surface area contributed by atoms with Crippen LogP contribution in [0.25, 0.3) is 0 Å². The van der Waals surface area contributed by atoms with Gasteiger partial charge in [-0.2, -0.15) is 16.9 Å². The van der Waals surface area contributed by atoms with E-state index in [0.717, 1.165) is 36.5 Å². The second-order valence-electron chi connectivity index (χ2n) is 4.18. The van der Waals surface area contributed by atoms with Crippen molar-refractivity contribution in [2.75, 3.05) is 17.2 Å². The maximum absolute atomic E-state index is 12.0. The van der Waals surface area contributed by atoms with Gasteiger partial charge in [0.15, 0.2) is 5.69 Å². The Morgan fingerprint density at radius 3 is 2.88 bits per heavy atom. The Balaban J connectivity index is 2.01. The highest BCUT2D eigenvalue weighted by Gasteiger charge is 2.21. The molecule has 5 nitrogen and oxygen atoms in total. The lowest BCUT2D eigenvalue weighted by molar-refractivity contribution is 0.0930. The summed E-state index contributed by atoms with van der Waals surface area (Å²) in [5, 5.41) is 9.79. The van der Waals surface area contributed by atoms with Gasteiger partial charge in [0.25, 0.3) is 5.91 Å². The highest BCUT2D eigenvalue weighted by Crippen LogP contribution is 2.19. The van der Waals surface area contributed by atoms with Gasteiger partial charge in [-0.15, -0.1) is 0 Å². The number of nitrogens with zero attached hydrogens (tertiary/aromatic N) is 1. The number of rotatable bonds is 3. The third-order valence-electron chi connectivity index (χ3n) is 3.01. The van der Waals surface area contributed by atoms with E-state index < -0.39 is 0 Å². The van der Waals surface area contributed by atoms with Crippen LogP contribution < -0.4 is 11.1 Å². The maximum atomic E-state index is 12.0. The summed E-state index contributed by atoms with van der Waals surface area (Å²) in [5.41, 5.74) is 7.50. The Morgan fingerprint density at radius 2 is 2.29 bits per heavy atom. The number of carbonyl (C=O) groups is 1. The van der Waals surface area contributed by atoms with Gasteiger partial charge < -0.3 is 11.1 Å². The molecule has 1 saturated heterocycles. The summed E-state index contributed by atoms with van der Waals surface area (Å²) in [5.74, 6) is 2.07. The normalized spacial score (nSPS) is 17.0. The molecular formula is C11H18N4OS. The van der Waals surface area contributed by atoms with E-state index in [1.54, 1.807) is 0 Å². The van der Waals surface area contributed by atoms with E-state index in [9.17, 15) is 4.79 Å². The molecule has 6 heteroatoms. The molecule has 1 aliphatic heterocycles. The first-order valence-corrected chi connectivity index (χ1v) is 7.09. The van der Waals surface area contributed by atoms with Crippen molar-refractivity contribution in [2.24, 2.45) is 0 Å². The molecule has 0 aromatic carbocycles. The summed E-state index contributed by atoms with van der Waals surface area (Å²) in [6.07, 6.45) is 2.81. The molecule has 1 aromatic heterocycles. The van der Waals surface area contributed by atoms with Crippen molar-refractivity contribution in [3.8, 4) is 0 Å². The van der Waals surface area contributed by atoms with Crippen molar-refractivity contribution in [2.45, 2.75) is 32.2 Å². The molecule has 0 bridgehead atoms. The van der Waals surface area contributed by atoms with Gasteiger partial charge in [-0.25, -0.2) is 0 Å². The molecular weight excluding hydrogens is 236 g/mol. The van der Waals surface area contributed by atoms with Crippen LogP contribution in [0.4, 0.5) is 5.69 Å². The average Bonchev–Trinajstić information content (AvgIpc) is 2.71. The van der Waals surface area contributed by atoms with Crippen molar-refractivity contribution in [1.82, 2.24) is 15.5 Å². The van der Waals surface area contributed by atoms with Crippen LogP contribution in [0.2, 0.25) is 0 Å². The van der Waals surface area contributed by atoms with E-state index >= 15 is 0 Å². The molecule has 1 aromatic rings. The number of nitrogens with one attached hydrogen (secondary N) is 2. The first-order chi connectivity index (χ1) is 8.22. The predicted octanol–water partition coefficient (Wildman–Crippen LogP) is 1.18. The van der Waals surface area contributed by atoms with Gasteiger partial charge >= 0.3 is 0 Å². The molecule has 2 rings (SSSR count). The van der Waals surface area contributed by atoms with E-state index in [4.69, 9.17) is 5.73 Å². The van der Waals surface area contributed by atoms with Gasteiger partial charge in [-0.05, 0) is 30.8 Å². The molecule has 1 fully saturated rings. The van der Waals surface area contributed by atoms with E-state index in [-0.39, 0.29) is 11.9 Å². The largest absolute Gasteiger partial charge is 0.395 e. The number of hydrogen-bond acceptors (Lipinski definition) is 4. The molecule has 1 amide bonds. The number of aromatic amines is 1. The van der Waals surface area contributed by atoms with Crippen LogP contribution in [-0.2, 0) is 6.42 Å². The third-order valence-corrected chi connectivity index (χ3v) is 4.06. The molecule has 0 saturated carbocycles. The summed E-state index contributed by atoms with van der Waals surface area (Å²) in [7, 11) is 0. The van der Waals surface area contributed by atoms with Crippen molar-refractivity contribution in [3.05, 3.63) is 11.4 Å².